The fraction of sp³-hybridized carbons (Fsp3) is 0.500. The Bertz CT molecular complexity index is 927. The van der Waals surface area contributed by atoms with Gasteiger partial charge in [0.2, 0.25) is 0 Å². The number of hydrogen-bond donors (Lipinski definition) is 2. The van der Waals surface area contributed by atoms with Crippen LogP contribution in [0.5, 0.6) is 11.5 Å². The highest BCUT2D eigenvalue weighted by atomic mass is 127. The van der Waals surface area contributed by atoms with Crippen LogP contribution < -0.4 is 25.0 Å². The number of nitrogens with zero attached hydrogens (tertiary/aromatic N) is 3. The lowest BCUT2D eigenvalue weighted by molar-refractivity contribution is 0.254. The van der Waals surface area contributed by atoms with Crippen molar-refractivity contribution in [2.75, 3.05) is 32.1 Å². The molecule has 0 amide bonds. The van der Waals surface area contributed by atoms with Gasteiger partial charge in [0.1, 0.15) is 23.4 Å². The standard InChI is InChI=1S/C24H33N5O2.HI/c1-16-5-6-23(26-14-16)29-9-7-20(8-10-29)28-24(25-3)27-15-19-13-22-18(11-17(2)31-22)12-21(19)30-4;/h5-6,12-14,17,20H,7-11,15H2,1-4H3,(H2,25,27,28);1H. The number of aliphatic imine (C=N–C) groups is 1. The Labute approximate surface area is 208 Å². The second-order valence-electron chi connectivity index (χ2n) is 8.43. The van der Waals surface area contributed by atoms with Crippen molar-refractivity contribution in [3.8, 4) is 11.5 Å². The molecule has 1 saturated heterocycles. The van der Waals surface area contributed by atoms with Crippen molar-refractivity contribution >= 4 is 35.8 Å². The number of hydrogen-bond acceptors (Lipinski definition) is 5. The largest absolute Gasteiger partial charge is 0.496 e. The van der Waals surface area contributed by atoms with E-state index in [1.54, 1.807) is 7.11 Å². The molecular weight excluding hydrogens is 517 g/mol. The minimum Gasteiger partial charge on any atom is -0.496 e. The smallest absolute Gasteiger partial charge is 0.191 e. The van der Waals surface area contributed by atoms with Gasteiger partial charge in [-0.2, -0.15) is 0 Å². The Balaban J connectivity index is 0.00000289. The number of piperidine rings is 1. The number of aryl methyl sites for hydroxylation is 1. The van der Waals surface area contributed by atoms with Crippen molar-refractivity contribution in [3.63, 3.8) is 0 Å². The molecule has 8 heteroatoms. The number of rotatable bonds is 5. The Hall–Kier alpha value is -2.23. The van der Waals surface area contributed by atoms with Gasteiger partial charge < -0.3 is 25.0 Å². The summed E-state index contributed by atoms with van der Waals surface area (Å²) in [7, 11) is 3.53. The van der Waals surface area contributed by atoms with Crippen LogP contribution in [0.25, 0.3) is 0 Å². The molecule has 0 aliphatic carbocycles. The number of pyridine rings is 1. The van der Waals surface area contributed by atoms with Crippen LogP contribution in [0.1, 0.15) is 36.5 Å². The summed E-state index contributed by atoms with van der Waals surface area (Å²) in [4.78, 5) is 11.3. The topological polar surface area (TPSA) is 71.0 Å². The molecule has 0 spiro atoms. The SMILES string of the molecule is CN=C(NCc1cc2c(cc1OC)CC(C)O2)NC1CCN(c2ccc(C)cn2)CC1.I. The van der Waals surface area contributed by atoms with Crippen LogP contribution in [0.4, 0.5) is 5.82 Å². The summed E-state index contributed by atoms with van der Waals surface area (Å²) in [6.45, 7) is 6.76. The molecule has 1 unspecified atom stereocenters. The lowest BCUT2D eigenvalue weighted by Crippen LogP contribution is -2.48. The molecule has 1 aromatic carbocycles. The third-order valence-electron chi connectivity index (χ3n) is 6.02. The van der Waals surface area contributed by atoms with E-state index in [0.717, 1.165) is 61.2 Å². The summed E-state index contributed by atoms with van der Waals surface area (Å²) < 4.78 is 11.5. The zero-order valence-electron chi connectivity index (χ0n) is 19.4. The molecule has 2 aromatic rings. The fourth-order valence-corrected chi connectivity index (χ4v) is 4.28. The molecule has 1 atom stereocenters. The van der Waals surface area contributed by atoms with Gasteiger partial charge in [-0.3, -0.25) is 4.99 Å². The summed E-state index contributed by atoms with van der Waals surface area (Å²) in [6.07, 6.45) is 5.18. The number of aromatic nitrogens is 1. The van der Waals surface area contributed by atoms with E-state index in [4.69, 9.17) is 9.47 Å². The van der Waals surface area contributed by atoms with Crippen molar-refractivity contribution in [1.29, 1.82) is 0 Å². The Morgan fingerprint density at radius 3 is 2.72 bits per heavy atom. The maximum atomic E-state index is 5.92. The van der Waals surface area contributed by atoms with Crippen LogP contribution >= 0.6 is 24.0 Å². The van der Waals surface area contributed by atoms with Crippen molar-refractivity contribution in [3.05, 3.63) is 47.2 Å². The number of fused-ring (bicyclic) bond motifs is 1. The number of benzene rings is 1. The summed E-state index contributed by atoms with van der Waals surface area (Å²) >= 11 is 0. The summed E-state index contributed by atoms with van der Waals surface area (Å²) in [5, 5.41) is 7.01. The van der Waals surface area contributed by atoms with E-state index in [9.17, 15) is 0 Å². The van der Waals surface area contributed by atoms with Gasteiger partial charge in [0.15, 0.2) is 5.96 Å². The number of halogens is 1. The zero-order chi connectivity index (χ0) is 21.8. The van der Waals surface area contributed by atoms with Crippen LogP contribution in [-0.4, -0.2) is 50.3 Å². The molecule has 2 N–H and O–H groups in total. The Morgan fingerprint density at radius 2 is 2.06 bits per heavy atom. The molecule has 2 aliphatic rings. The molecule has 0 radical (unpaired) electrons. The highest BCUT2D eigenvalue weighted by Crippen LogP contribution is 2.34. The Morgan fingerprint density at radius 1 is 1.28 bits per heavy atom. The first-order chi connectivity index (χ1) is 15.1. The Kier molecular flexibility index (Phi) is 8.44. The van der Waals surface area contributed by atoms with Crippen LogP contribution in [0.2, 0.25) is 0 Å². The van der Waals surface area contributed by atoms with Gasteiger partial charge in [-0.25, -0.2) is 4.98 Å². The maximum Gasteiger partial charge on any atom is 0.191 e. The van der Waals surface area contributed by atoms with E-state index < -0.39 is 0 Å². The lowest BCUT2D eigenvalue weighted by Gasteiger charge is -2.33. The van der Waals surface area contributed by atoms with E-state index in [2.05, 4.69) is 63.6 Å². The van der Waals surface area contributed by atoms with Gasteiger partial charge in [0.25, 0.3) is 0 Å². The number of nitrogens with one attached hydrogen (secondary N) is 2. The van der Waals surface area contributed by atoms with Crippen molar-refractivity contribution in [1.82, 2.24) is 15.6 Å². The molecule has 2 aliphatic heterocycles. The van der Waals surface area contributed by atoms with Crippen LogP contribution in [-0.2, 0) is 13.0 Å². The third-order valence-corrected chi connectivity index (χ3v) is 6.02. The second-order valence-corrected chi connectivity index (χ2v) is 8.43. The van der Waals surface area contributed by atoms with Crippen molar-refractivity contribution in [2.24, 2.45) is 4.99 Å². The predicted molar refractivity (Wildman–Crippen MR) is 140 cm³/mol. The first-order valence-corrected chi connectivity index (χ1v) is 11.1. The molecule has 1 aromatic heterocycles. The summed E-state index contributed by atoms with van der Waals surface area (Å²) in [5.41, 5.74) is 3.47. The van der Waals surface area contributed by atoms with Crippen LogP contribution in [0.15, 0.2) is 35.5 Å². The third kappa shape index (κ3) is 5.76. The molecule has 0 bridgehead atoms. The molecule has 0 saturated carbocycles. The minimum absolute atomic E-state index is 0. The van der Waals surface area contributed by atoms with Gasteiger partial charge in [-0.15, -0.1) is 24.0 Å². The number of anilines is 1. The molecule has 174 valence electrons. The van der Waals surface area contributed by atoms with E-state index >= 15 is 0 Å². The lowest BCUT2D eigenvalue weighted by atomic mass is 10.0. The van der Waals surface area contributed by atoms with Gasteiger partial charge >= 0.3 is 0 Å². The van der Waals surface area contributed by atoms with Crippen LogP contribution in [0, 0.1) is 6.92 Å². The summed E-state index contributed by atoms with van der Waals surface area (Å²) in [5.74, 6) is 3.72. The number of guanidine groups is 1. The van der Waals surface area contributed by atoms with Gasteiger partial charge in [0, 0.05) is 56.5 Å². The fourth-order valence-electron chi connectivity index (χ4n) is 4.28. The molecular formula is C24H34IN5O2. The van der Waals surface area contributed by atoms with Crippen LogP contribution in [0.3, 0.4) is 0 Å². The average Bonchev–Trinajstić information content (AvgIpc) is 3.15. The molecule has 3 heterocycles. The molecule has 32 heavy (non-hydrogen) atoms. The normalized spacial score (nSPS) is 18.4. The first-order valence-electron chi connectivity index (χ1n) is 11.1. The van der Waals surface area contributed by atoms with E-state index in [1.165, 1.54) is 11.1 Å². The zero-order valence-corrected chi connectivity index (χ0v) is 21.7. The maximum absolute atomic E-state index is 5.92. The van der Waals surface area contributed by atoms with Gasteiger partial charge in [-0.1, -0.05) is 6.07 Å². The van der Waals surface area contributed by atoms with Crippen molar-refractivity contribution < 1.29 is 9.47 Å². The monoisotopic (exact) mass is 551 g/mol. The molecule has 7 nitrogen and oxygen atoms in total. The molecule has 4 rings (SSSR count). The second kappa shape index (κ2) is 11.1. The highest BCUT2D eigenvalue weighted by Gasteiger charge is 2.23. The first kappa shape index (κ1) is 24.4. The van der Waals surface area contributed by atoms with Crippen molar-refractivity contribution in [2.45, 2.75) is 51.8 Å². The number of methoxy groups -OCH3 is 1. The van der Waals surface area contributed by atoms with E-state index in [1.807, 2.05) is 13.2 Å². The minimum atomic E-state index is 0. The van der Waals surface area contributed by atoms with E-state index in [-0.39, 0.29) is 30.1 Å². The summed E-state index contributed by atoms with van der Waals surface area (Å²) in [6, 6.07) is 8.81. The quantitative estimate of drug-likeness (QED) is 0.336. The highest BCUT2D eigenvalue weighted by molar-refractivity contribution is 14.0. The van der Waals surface area contributed by atoms with Gasteiger partial charge in [0.05, 0.1) is 7.11 Å². The average molecular weight is 551 g/mol. The predicted octanol–water partition coefficient (Wildman–Crippen LogP) is 3.67. The van der Waals surface area contributed by atoms with E-state index in [0.29, 0.717) is 12.6 Å². The number of ether oxygens (including phenoxy) is 2. The molecule has 1 fully saturated rings. The van der Waals surface area contributed by atoms with Gasteiger partial charge in [-0.05, 0) is 50.5 Å².